The van der Waals surface area contributed by atoms with E-state index < -0.39 is 5.69 Å². The molecule has 0 spiro atoms. The van der Waals surface area contributed by atoms with E-state index in [1.807, 2.05) is 0 Å². The van der Waals surface area contributed by atoms with Gasteiger partial charge in [0.05, 0.1) is 0 Å². The minimum absolute atomic E-state index is 0.000556. The second-order valence-electron chi connectivity index (χ2n) is 3.18. The van der Waals surface area contributed by atoms with E-state index in [-0.39, 0.29) is 11.5 Å². The molecule has 0 aliphatic heterocycles. The molecule has 4 nitrogen and oxygen atoms in total. The van der Waals surface area contributed by atoms with Gasteiger partial charge in [-0.1, -0.05) is 0 Å². The van der Waals surface area contributed by atoms with Crippen LogP contribution in [0, 0.1) is 0 Å². The van der Waals surface area contributed by atoms with Gasteiger partial charge in [-0.15, -0.1) is 23.2 Å². The molecule has 84 valence electrons. The lowest BCUT2D eigenvalue weighted by atomic mass is 9.96. The third-order valence-corrected chi connectivity index (χ3v) is 2.64. The van der Waals surface area contributed by atoms with Crippen molar-refractivity contribution >= 4 is 23.2 Å². The van der Waals surface area contributed by atoms with E-state index in [9.17, 15) is 9.59 Å². The summed E-state index contributed by atoms with van der Waals surface area (Å²) >= 11 is 11.3. The highest BCUT2D eigenvalue weighted by molar-refractivity contribution is 6.18. The molecule has 0 atom stereocenters. The first-order valence-corrected chi connectivity index (χ1v) is 5.69. The monoisotopic (exact) mass is 250 g/mol. The molecule has 2 N–H and O–H groups in total. The number of H-pyrrole nitrogens is 2. The van der Waals surface area contributed by atoms with E-state index in [0.717, 1.165) is 0 Å². The Morgan fingerprint density at radius 1 is 1.20 bits per heavy atom. The maximum atomic E-state index is 11.5. The van der Waals surface area contributed by atoms with Gasteiger partial charge in [0, 0.05) is 23.5 Å². The summed E-state index contributed by atoms with van der Waals surface area (Å²) in [5.74, 6) is 0.917. The Morgan fingerprint density at radius 2 is 1.80 bits per heavy atom. The SMILES string of the molecule is O=c1[nH]cc(C(CCCl)CCCl)c(=O)[nH]1. The topological polar surface area (TPSA) is 65.7 Å². The van der Waals surface area contributed by atoms with Crippen LogP contribution in [-0.2, 0) is 0 Å². The number of rotatable bonds is 5. The van der Waals surface area contributed by atoms with Crippen LogP contribution in [0.5, 0.6) is 0 Å². The van der Waals surface area contributed by atoms with Gasteiger partial charge >= 0.3 is 5.69 Å². The quantitative estimate of drug-likeness (QED) is 0.777. The third-order valence-electron chi connectivity index (χ3n) is 2.20. The molecule has 0 fully saturated rings. The highest BCUT2D eigenvalue weighted by atomic mass is 35.5. The van der Waals surface area contributed by atoms with E-state index >= 15 is 0 Å². The highest BCUT2D eigenvalue weighted by Gasteiger charge is 2.14. The van der Waals surface area contributed by atoms with Gasteiger partial charge in [-0.05, 0) is 18.8 Å². The summed E-state index contributed by atoms with van der Waals surface area (Å²) in [5, 5.41) is 0. The summed E-state index contributed by atoms with van der Waals surface area (Å²) in [6, 6.07) is 0. The summed E-state index contributed by atoms with van der Waals surface area (Å²) in [7, 11) is 0. The molecule has 0 radical (unpaired) electrons. The molecule has 0 bridgehead atoms. The molecule has 1 rings (SSSR count). The average molecular weight is 251 g/mol. The molecule has 0 saturated carbocycles. The summed E-state index contributed by atoms with van der Waals surface area (Å²) in [4.78, 5) is 26.9. The Bertz CT molecular complexity index is 407. The summed E-state index contributed by atoms with van der Waals surface area (Å²) in [6.07, 6.45) is 2.78. The van der Waals surface area contributed by atoms with Crippen molar-refractivity contribution in [2.75, 3.05) is 11.8 Å². The number of aromatic nitrogens is 2. The molecule has 0 aliphatic carbocycles. The van der Waals surface area contributed by atoms with Gasteiger partial charge < -0.3 is 4.98 Å². The Morgan fingerprint density at radius 3 is 2.27 bits per heavy atom. The largest absolute Gasteiger partial charge is 0.325 e. The van der Waals surface area contributed by atoms with Gasteiger partial charge in [0.25, 0.3) is 5.56 Å². The molecule has 15 heavy (non-hydrogen) atoms. The van der Waals surface area contributed by atoms with Crippen molar-refractivity contribution in [3.05, 3.63) is 32.6 Å². The standard InChI is InChI=1S/C9H12Cl2N2O2/c10-3-1-6(2-4-11)7-5-12-9(15)13-8(7)14/h5-6H,1-4H2,(H2,12,13,14,15). The molecule has 1 aromatic heterocycles. The van der Waals surface area contributed by atoms with E-state index in [0.29, 0.717) is 30.2 Å². The summed E-state index contributed by atoms with van der Waals surface area (Å²) in [6.45, 7) is 0. The van der Waals surface area contributed by atoms with Crippen molar-refractivity contribution in [1.82, 2.24) is 9.97 Å². The van der Waals surface area contributed by atoms with Crippen LogP contribution in [0.1, 0.15) is 24.3 Å². The predicted molar refractivity (Wildman–Crippen MR) is 61.1 cm³/mol. The Kier molecular flexibility index (Phi) is 4.91. The van der Waals surface area contributed by atoms with Gasteiger partial charge in [0.1, 0.15) is 0 Å². The first-order chi connectivity index (χ1) is 7.19. The van der Waals surface area contributed by atoms with Crippen molar-refractivity contribution in [3.8, 4) is 0 Å². The van der Waals surface area contributed by atoms with Gasteiger partial charge in [-0.3, -0.25) is 9.78 Å². The number of nitrogens with one attached hydrogen (secondary N) is 2. The molecule has 0 unspecified atom stereocenters. The first kappa shape index (κ1) is 12.3. The minimum Gasteiger partial charge on any atom is -0.314 e. The lowest BCUT2D eigenvalue weighted by molar-refractivity contribution is 0.635. The fourth-order valence-corrected chi connectivity index (χ4v) is 1.97. The van der Waals surface area contributed by atoms with Crippen molar-refractivity contribution in [1.29, 1.82) is 0 Å². The molecule has 6 heteroatoms. The van der Waals surface area contributed by atoms with Crippen molar-refractivity contribution in [3.63, 3.8) is 0 Å². The second-order valence-corrected chi connectivity index (χ2v) is 3.94. The normalized spacial score (nSPS) is 10.9. The molecule has 1 heterocycles. The molecular formula is C9H12Cl2N2O2. The van der Waals surface area contributed by atoms with Gasteiger partial charge in [0.15, 0.2) is 0 Å². The zero-order valence-corrected chi connectivity index (χ0v) is 9.57. The second kappa shape index (κ2) is 5.98. The van der Waals surface area contributed by atoms with E-state index in [2.05, 4.69) is 9.97 Å². The van der Waals surface area contributed by atoms with Crippen LogP contribution in [0.2, 0.25) is 0 Å². The van der Waals surface area contributed by atoms with Crippen LogP contribution in [0.4, 0.5) is 0 Å². The van der Waals surface area contributed by atoms with Crippen LogP contribution < -0.4 is 11.2 Å². The van der Waals surface area contributed by atoms with Crippen LogP contribution >= 0.6 is 23.2 Å². The Hall–Kier alpha value is -0.740. The maximum absolute atomic E-state index is 11.5. The van der Waals surface area contributed by atoms with E-state index in [1.54, 1.807) is 0 Å². The number of hydrogen-bond donors (Lipinski definition) is 2. The number of alkyl halides is 2. The summed E-state index contributed by atoms with van der Waals surface area (Å²) in [5.41, 5.74) is -0.325. The van der Waals surface area contributed by atoms with Crippen LogP contribution in [0.15, 0.2) is 15.8 Å². The molecule has 0 saturated heterocycles. The summed E-state index contributed by atoms with van der Waals surface area (Å²) < 4.78 is 0. The van der Waals surface area contributed by atoms with E-state index in [1.165, 1.54) is 6.20 Å². The van der Waals surface area contributed by atoms with Crippen molar-refractivity contribution in [2.45, 2.75) is 18.8 Å². The third kappa shape index (κ3) is 3.39. The number of halogens is 2. The average Bonchev–Trinajstić information content (AvgIpc) is 2.17. The van der Waals surface area contributed by atoms with Crippen LogP contribution in [0.25, 0.3) is 0 Å². The molecule has 1 aromatic rings. The Labute approximate surface area is 96.6 Å². The number of aromatic amines is 2. The highest BCUT2D eigenvalue weighted by Crippen LogP contribution is 2.20. The number of hydrogen-bond acceptors (Lipinski definition) is 2. The molecular weight excluding hydrogens is 239 g/mol. The smallest absolute Gasteiger partial charge is 0.314 e. The predicted octanol–water partition coefficient (Wildman–Crippen LogP) is 1.40. The van der Waals surface area contributed by atoms with Gasteiger partial charge in [0.2, 0.25) is 0 Å². The lowest BCUT2D eigenvalue weighted by Gasteiger charge is -2.12. The zero-order chi connectivity index (χ0) is 11.3. The molecule has 0 aliphatic rings. The minimum atomic E-state index is -0.501. The molecule has 0 amide bonds. The van der Waals surface area contributed by atoms with Gasteiger partial charge in [-0.2, -0.15) is 0 Å². The van der Waals surface area contributed by atoms with Crippen molar-refractivity contribution < 1.29 is 0 Å². The molecule has 0 aromatic carbocycles. The van der Waals surface area contributed by atoms with E-state index in [4.69, 9.17) is 23.2 Å². The van der Waals surface area contributed by atoms with Gasteiger partial charge in [-0.25, -0.2) is 4.79 Å². The van der Waals surface area contributed by atoms with Crippen LogP contribution in [-0.4, -0.2) is 21.7 Å². The zero-order valence-electron chi connectivity index (χ0n) is 8.06. The van der Waals surface area contributed by atoms with Crippen LogP contribution in [0.3, 0.4) is 0 Å². The maximum Gasteiger partial charge on any atom is 0.325 e. The van der Waals surface area contributed by atoms with Crippen molar-refractivity contribution in [2.24, 2.45) is 0 Å². The Balaban J connectivity index is 3.00. The lowest BCUT2D eigenvalue weighted by Crippen LogP contribution is -2.26. The fraction of sp³-hybridized carbons (Fsp3) is 0.556. The first-order valence-electron chi connectivity index (χ1n) is 4.63. The fourth-order valence-electron chi connectivity index (χ4n) is 1.44.